The zero-order valence-corrected chi connectivity index (χ0v) is 20.2. The normalized spacial score (nSPS) is 22.9. The molecular formula is C28H24N2O7. The molecule has 3 aliphatic rings. The molecule has 0 aromatic heterocycles. The van der Waals surface area contributed by atoms with Gasteiger partial charge in [-0.1, -0.05) is 0 Å². The third-order valence-corrected chi connectivity index (χ3v) is 7.38. The number of rotatable bonds is 5. The number of hydrogen-bond donors (Lipinski definition) is 2. The molecule has 1 unspecified atom stereocenters. The first-order chi connectivity index (χ1) is 18.0. The number of fused-ring (bicyclic) bond motifs is 3. The Labute approximate surface area is 213 Å². The van der Waals surface area contributed by atoms with Crippen molar-refractivity contribution in [3.63, 3.8) is 0 Å². The van der Waals surface area contributed by atoms with E-state index >= 15 is 0 Å². The van der Waals surface area contributed by atoms with Crippen molar-refractivity contribution in [2.24, 2.45) is 11.8 Å². The maximum atomic E-state index is 13.2. The molecule has 9 nitrogen and oxygen atoms in total. The number of benzene rings is 3. The van der Waals surface area contributed by atoms with Gasteiger partial charge in [0.15, 0.2) is 23.0 Å². The summed E-state index contributed by atoms with van der Waals surface area (Å²) in [5.41, 5.74) is 3.95. The van der Waals surface area contributed by atoms with Crippen molar-refractivity contribution < 1.29 is 33.6 Å². The number of carbonyl (C=O) groups excluding carboxylic acids is 1. The van der Waals surface area contributed by atoms with Crippen molar-refractivity contribution in [3.8, 4) is 34.8 Å². The topological polar surface area (TPSA) is 119 Å². The Morgan fingerprint density at radius 1 is 0.973 bits per heavy atom. The molecule has 1 fully saturated rings. The van der Waals surface area contributed by atoms with Crippen LogP contribution in [0, 0.1) is 23.2 Å². The van der Waals surface area contributed by atoms with Gasteiger partial charge in [-0.05, 0) is 65.2 Å². The Morgan fingerprint density at radius 3 is 2.24 bits per heavy atom. The Kier molecular flexibility index (Phi) is 5.45. The van der Waals surface area contributed by atoms with Gasteiger partial charge in [0.1, 0.15) is 0 Å². The largest absolute Gasteiger partial charge is 0.502 e. The van der Waals surface area contributed by atoms with E-state index in [0.717, 1.165) is 22.4 Å². The molecule has 37 heavy (non-hydrogen) atoms. The molecule has 1 aliphatic carbocycles. The summed E-state index contributed by atoms with van der Waals surface area (Å²) in [6, 6.07) is 16.4. The first-order valence-corrected chi connectivity index (χ1v) is 11.8. The Bertz CT molecular complexity index is 1400. The van der Waals surface area contributed by atoms with Crippen molar-refractivity contribution >= 4 is 11.7 Å². The quantitative estimate of drug-likeness (QED) is 0.499. The second-order valence-corrected chi connectivity index (χ2v) is 9.22. The lowest BCUT2D eigenvalue weighted by molar-refractivity contribution is -0.141. The average molecular weight is 501 g/mol. The predicted molar refractivity (Wildman–Crippen MR) is 131 cm³/mol. The van der Waals surface area contributed by atoms with Gasteiger partial charge in [-0.2, -0.15) is 5.26 Å². The molecule has 1 saturated heterocycles. The van der Waals surface area contributed by atoms with Gasteiger partial charge in [0, 0.05) is 17.5 Å². The smallest absolute Gasteiger partial charge is 0.310 e. The van der Waals surface area contributed by atoms with Crippen LogP contribution < -0.4 is 24.3 Å². The molecule has 0 spiro atoms. The van der Waals surface area contributed by atoms with Crippen LogP contribution in [0.4, 0.5) is 5.69 Å². The van der Waals surface area contributed by atoms with Crippen LogP contribution >= 0.6 is 0 Å². The van der Waals surface area contributed by atoms with E-state index in [9.17, 15) is 9.90 Å². The van der Waals surface area contributed by atoms with E-state index in [4.69, 9.17) is 28.9 Å². The second-order valence-electron chi connectivity index (χ2n) is 9.22. The molecule has 0 radical (unpaired) electrons. The van der Waals surface area contributed by atoms with Crippen LogP contribution in [0.1, 0.15) is 34.2 Å². The lowest BCUT2D eigenvalue weighted by atomic mass is 9.65. The number of esters is 1. The highest BCUT2D eigenvalue weighted by Crippen LogP contribution is 2.56. The van der Waals surface area contributed by atoms with Crippen LogP contribution in [-0.2, 0) is 9.53 Å². The molecule has 0 saturated carbocycles. The SMILES string of the molecule is COc1cc([C@H]2c3cc4c(cc3[C@@H](Nc3ccc(C#N)cc3)C3COC(=O)[C@@H]32)OCO4)cc(OC)c1O. The van der Waals surface area contributed by atoms with Crippen LogP contribution in [-0.4, -0.2) is 38.7 Å². The number of nitrogens with zero attached hydrogens (tertiary/aromatic N) is 1. The van der Waals surface area contributed by atoms with E-state index in [1.165, 1.54) is 14.2 Å². The van der Waals surface area contributed by atoms with Crippen molar-refractivity contribution in [2.75, 3.05) is 32.9 Å². The fourth-order valence-electron chi connectivity index (χ4n) is 5.66. The summed E-state index contributed by atoms with van der Waals surface area (Å²) in [4.78, 5) is 13.2. The van der Waals surface area contributed by atoms with E-state index in [1.54, 1.807) is 24.3 Å². The van der Waals surface area contributed by atoms with E-state index in [-0.39, 0.29) is 48.6 Å². The third-order valence-electron chi connectivity index (χ3n) is 7.38. The Hall–Kier alpha value is -4.58. The number of nitrogens with one attached hydrogen (secondary N) is 1. The Morgan fingerprint density at radius 2 is 1.62 bits per heavy atom. The van der Waals surface area contributed by atoms with E-state index in [0.29, 0.717) is 17.1 Å². The average Bonchev–Trinajstić information content (AvgIpc) is 3.54. The summed E-state index contributed by atoms with van der Waals surface area (Å²) >= 11 is 0. The van der Waals surface area contributed by atoms with E-state index in [2.05, 4.69) is 11.4 Å². The molecule has 0 bridgehead atoms. The second kappa shape index (κ2) is 8.82. The maximum Gasteiger partial charge on any atom is 0.310 e. The van der Waals surface area contributed by atoms with Gasteiger partial charge in [0.05, 0.1) is 44.4 Å². The first-order valence-electron chi connectivity index (χ1n) is 11.8. The molecule has 6 rings (SSSR count). The summed E-state index contributed by atoms with van der Waals surface area (Å²) in [5.74, 6) is 0.200. The molecule has 2 aliphatic heterocycles. The van der Waals surface area contributed by atoms with Gasteiger partial charge in [0.2, 0.25) is 12.5 Å². The summed E-state index contributed by atoms with van der Waals surface area (Å²) in [6.07, 6.45) is 0. The van der Waals surface area contributed by atoms with Gasteiger partial charge in [0.25, 0.3) is 0 Å². The van der Waals surface area contributed by atoms with Crippen molar-refractivity contribution in [1.29, 1.82) is 5.26 Å². The van der Waals surface area contributed by atoms with Crippen LogP contribution in [0.2, 0.25) is 0 Å². The molecular weight excluding hydrogens is 476 g/mol. The Balaban J connectivity index is 1.53. The number of aromatic hydroxyl groups is 1. The van der Waals surface area contributed by atoms with Gasteiger partial charge >= 0.3 is 5.97 Å². The molecule has 9 heteroatoms. The summed E-state index contributed by atoms with van der Waals surface area (Å²) < 4.78 is 27.8. The number of nitriles is 1. The van der Waals surface area contributed by atoms with Gasteiger partial charge in [-0.25, -0.2) is 0 Å². The standard InChI is InChI=1S/C28H24N2O7/c1-33-22-7-15(8-23(34-2)27(22)31)24-17-9-20-21(37-13-36-20)10-18(17)26(19-12-35-28(32)25(19)24)30-16-5-3-14(11-29)4-6-16/h3-10,19,24-26,30-31H,12-13H2,1-2H3/t19?,24-,25-,26+/m0/s1. The van der Waals surface area contributed by atoms with Crippen molar-refractivity contribution in [1.82, 2.24) is 0 Å². The monoisotopic (exact) mass is 500 g/mol. The van der Waals surface area contributed by atoms with Crippen LogP contribution in [0.3, 0.4) is 0 Å². The molecule has 2 heterocycles. The van der Waals surface area contributed by atoms with Gasteiger partial charge in [-0.3, -0.25) is 4.79 Å². The number of phenolic OH excluding ortho intramolecular Hbond substituents is 1. The number of anilines is 1. The lowest BCUT2D eigenvalue weighted by Crippen LogP contribution is -2.37. The number of methoxy groups -OCH3 is 2. The van der Waals surface area contributed by atoms with E-state index in [1.807, 2.05) is 24.3 Å². The fourth-order valence-corrected chi connectivity index (χ4v) is 5.66. The summed E-state index contributed by atoms with van der Waals surface area (Å²) in [6.45, 7) is 0.362. The zero-order valence-electron chi connectivity index (χ0n) is 20.2. The third kappa shape index (κ3) is 3.64. The number of carbonyl (C=O) groups is 1. The summed E-state index contributed by atoms with van der Waals surface area (Å²) in [7, 11) is 2.94. The molecule has 4 atom stereocenters. The number of ether oxygens (including phenoxy) is 5. The zero-order chi connectivity index (χ0) is 25.7. The number of phenols is 1. The molecule has 188 valence electrons. The molecule has 3 aromatic carbocycles. The summed E-state index contributed by atoms with van der Waals surface area (Å²) in [5, 5.41) is 23.2. The minimum Gasteiger partial charge on any atom is -0.502 e. The number of cyclic esters (lactones) is 1. The van der Waals surface area contributed by atoms with Crippen molar-refractivity contribution in [2.45, 2.75) is 12.0 Å². The first kappa shape index (κ1) is 22.9. The molecule has 2 N–H and O–H groups in total. The van der Waals surface area contributed by atoms with Gasteiger partial charge in [-0.15, -0.1) is 0 Å². The minimum atomic E-state index is -0.511. The highest BCUT2D eigenvalue weighted by atomic mass is 16.7. The highest BCUT2D eigenvalue weighted by Gasteiger charge is 2.52. The van der Waals surface area contributed by atoms with Crippen LogP contribution in [0.5, 0.6) is 28.7 Å². The highest BCUT2D eigenvalue weighted by molar-refractivity contribution is 5.79. The number of hydrogen-bond acceptors (Lipinski definition) is 9. The van der Waals surface area contributed by atoms with Crippen LogP contribution in [0.15, 0.2) is 48.5 Å². The van der Waals surface area contributed by atoms with Crippen molar-refractivity contribution in [3.05, 3.63) is 70.8 Å². The predicted octanol–water partition coefficient (Wildman–Crippen LogP) is 4.10. The van der Waals surface area contributed by atoms with E-state index < -0.39 is 11.8 Å². The molecule has 0 amide bonds. The fraction of sp³-hybridized carbons (Fsp3) is 0.286. The lowest BCUT2D eigenvalue weighted by Gasteiger charge is -2.40. The molecule has 3 aromatic rings. The van der Waals surface area contributed by atoms with Crippen LogP contribution in [0.25, 0.3) is 0 Å². The minimum absolute atomic E-state index is 0.110. The van der Waals surface area contributed by atoms with Gasteiger partial charge < -0.3 is 34.1 Å². The maximum absolute atomic E-state index is 13.2.